The third-order valence-electron chi connectivity index (χ3n) is 11.9. The molecule has 4 heterocycles. The molecule has 0 unspecified atom stereocenters. The normalized spacial score (nSPS) is 15.6. The molecular formula is C48H40N2S2. The summed E-state index contributed by atoms with van der Waals surface area (Å²) in [5.74, 6) is 0. The van der Waals surface area contributed by atoms with Crippen LogP contribution in [-0.4, -0.2) is 26.2 Å². The fourth-order valence-corrected chi connectivity index (χ4v) is 11.5. The van der Waals surface area contributed by atoms with Crippen LogP contribution in [0.3, 0.4) is 0 Å². The molecule has 2 aliphatic heterocycles. The lowest BCUT2D eigenvalue weighted by molar-refractivity contribution is 0.578. The standard InChI is InChI=1S/C48H40N2S2/c1-7-23-49(24-8-1)33-17-19-37-41(29-33)47(31-15-21-45-39(27-31)35-11-3-5-13-43(35)51-45)38-20-18-34(50-25-9-2-10-26-50)30-42(38)48(37)32-16-22-46-40(28-32)36-12-4-6-14-44(36)52-46/h3-6,11-22,27-30H,1-2,7-10,23-26H2. The lowest BCUT2D eigenvalue weighted by Crippen LogP contribution is -2.29. The first-order valence-electron chi connectivity index (χ1n) is 19.1. The van der Waals surface area contributed by atoms with Gasteiger partial charge in [0.25, 0.3) is 0 Å². The molecule has 0 radical (unpaired) electrons. The molecule has 52 heavy (non-hydrogen) atoms. The maximum Gasteiger partial charge on any atom is 0.0372 e. The van der Waals surface area contributed by atoms with E-state index in [9.17, 15) is 0 Å². The van der Waals surface area contributed by atoms with Gasteiger partial charge < -0.3 is 9.80 Å². The summed E-state index contributed by atoms with van der Waals surface area (Å²) in [6, 6.07) is 47.1. The molecule has 9 aromatic rings. The summed E-state index contributed by atoms with van der Waals surface area (Å²) >= 11 is 3.80. The zero-order valence-electron chi connectivity index (χ0n) is 29.3. The van der Waals surface area contributed by atoms with Crippen LogP contribution in [-0.2, 0) is 0 Å². The van der Waals surface area contributed by atoms with Crippen molar-refractivity contribution in [2.75, 3.05) is 36.0 Å². The predicted octanol–water partition coefficient (Wildman–Crippen LogP) is 14.0. The number of thiophene rings is 2. The van der Waals surface area contributed by atoms with Crippen molar-refractivity contribution in [2.45, 2.75) is 38.5 Å². The molecule has 7 aromatic carbocycles. The number of piperidine rings is 2. The maximum absolute atomic E-state index is 2.62. The molecule has 2 nitrogen and oxygen atoms in total. The third-order valence-corrected chi connectivity index (χ3v) is 14.2. The highest BCUT2D eigenvalue weighted by molar-refractivity contribution is 7.26. The minimum atomic E-state index is 1.13. The maximum atomic E-state index is 2.62. The number of hydrogen-bond donors (Lipinski definition) is 0. The summed E-state index contributed by atoms with van der Waals surface area (Å²) in [5.41, 5.74) is 8.03. The second-order valence-corrected chi connectivity index (χ2v) is 17.1. The minimum Gasteiger partial charge on any atom is -0.372 e. The lowest BCUT2D eigenvalue weighted by Gasteiger charge is -2.30. The van der Waals surface area contributed by atoms with Crippen molar-refractivity contribution in [3.05, 3.63) is 121 Å². The Morgan fingerprint density at radius 2 is 0.750 bits per heavy atom. The van der Waals surface area contributed by atoms with Gasteiger partial charge in [-0.3, -0.25) is 0 Å². The molecule has 0 spiro atoms. The number of rotatable bonds is 4. The van der Waals surface area contributed by atoms with Gasteiger partial charge in [0, 0.05) is 77.9 Å². The largest absolute Gasteiger partial charge is 0.372 e. The molecule has 2 aliphatic rings. The summed E-state index contributed by atoms with van der Waals surface area (Å²) in [6.45, 7) is 4.54. The highest BCUT2D eigenvalue weighted by Gasteiger charge is 2.22. The highest BCUT2D eigenvalue weighted by Crippen LogP contribution is 2.48. The van der Waals surface area contributed by atoms with E-state index in [2.05, 4.69) is 131 Å². The summed E-state index contributed by atoms with van der Waals surface area (Å²) in [5, 5.41) is 10.8. The summed E-state index contributed by atoms with van der Waals surface area (Å²) < 4.78 is 5.42. The van der Waals surface area contributed by atoms with Crippen LogP contribution < -0.4 is 9.80 Å². The van der Waals surface area contributed by atoms with Gasteiger partial charge in [-0.1, -0.05) is 60.7 Å². The van der Waals surface area contributed by atoms with Crippen LogP contribution in [0.25, 0.3) is 84.1 Å². The van der Waals surface area contributed by atoms with E-state index in [0.29, 0.717) is 0 Å². The topological polar surface area (TPSA) is 6.48 Å². The Labute approximate surface area is 312 Å². The lowest BCUT2D eigenvalue weighted by atomic mass is 9.84. The van der Waals surface area contributed by atoms with Crippen LogP contribution in [0.2, 0.25) is 0 Å². The van der Waals surface area contributed by atoms with Gasteiger partial charge in [0.1, 0.15) is 0 Å². The van der Waals surface area contributed by atoms with Crippen LogP contribution in [0.15, 0.2) is 121 Å². The summed E-state index contributed by atoms with van der Waals surface area (Å²) in [7, 11) is 0. The van der Waals surface area contributed by atoms with E-state index in [1.165, 1.54) is 134 Å². The van der Waals surface area contributed by atoms with Crippen molar-refractivity contribution < 1.29 is 0 Å². The average molecular weight is 709 g/mol. The van der Waals surface area contributed by atoms with Crippen molar-refractivity contribution in [2.24, 2.45) is 0 Å². The van der Waals surface area contributed by atoms with Crippen molar-refractivity contribution in [1.82, 2.24) is 0 Å². The van der Waals surface area contributed by atoms with Gasteiger partial charge in [0.15, 0.2) is 0 Å². The molecule has 2 aromatic heterocycles. The van der Waals surface area contributed by atoms with Crippen LogP contribution in [0, 0.1) is 0 Å². The molecule has 11 rings (SSSR count). The minimum absolute atomic E-state index is 1.13. The second kappa shape index (κ2) is 12.4. The van der Waals surface area contributed by atoms with Gasteiger partial charge in [-0.25, -0.2) is 0 Å². The molecule has 0 atom stereocenters. The zero-order chi connectivity index (χ0) is 34.2. The molecule has 0 amide bonds. The molecule has 4 heteroatoms. The summed E-state index contributed by atoms with van der Waals surface area (Å²) in [4.78, 5) is 5.24. The Kier molecular flexibility index (Phi) is 7.30. The van der Waals surface area contributed by atoms with Gasteiger partial charge >= 0.3 is 0 Å². The molecule has 2 fully saturated rings. The fourth-order valence-electron chi connectivity index (χ4n) is 9.29. The van der Waals surface area contributed by atoms with Crippen molar-refractivity contribution in [3.63, 3.8) is 0 Å². The van der Waals surface area contributed by atoms with Crippen LogP contribution in [0.4, 0.5) is 11.4 Å². The monoisotopic (exact) mass is 708 g/mol. The number of anilines is 2. The molecular weight excluding hydrogens is 669 g/mol. The SMILES string of the molecule is c1ccc2c(c1)sc1ccc(-c3c4ccc(N5CCCCC5)cc4c(-c4ccc5sc6ccccc6c5c4)c4ccc(N5CCCCC5)cc34)cc12. The molecule has 0 aliphatic carbocycles. The second-order valence-electron chi connectivity index (χ2n) is 14.9. The van der Waals surface area contributed by atoms with E-state index in [1.54, 1.807) is 0 Å². The third kappa shape index (κ3) is 4.95. The molecule has 2 saturated heterocycles. The Hall–Kier alpha value is -4.90. The van der Waals surface area contributed by atoms with Gasteiger partial charge in [0.2, 0.25) is 0 Å². The molecule has 0 saturated carbocycles. The van der Waals surface area contributed by atoms with Gasteiger partial charge in [-0.15, -0.1) is 22.7 Å². The van der Waals surface area contributed by atoms with E-state index < -0.39 is 0 Å². The van der Waals surface area contributed by atoms with E-state index >= 15 is 0 Å². The van der Waals surface area contributed by atoms with Crippen LogP contribution in [0.1, 0.15) is 38.5 Å². The number of hydrogen-bond acceptors (Lipinski definition) is 4. The predicted molar refractivity (Wildman–Crippen MR) is 230 cm³/mol. The quantitative estimate of drug-likeness (QED) is 0.168. The van der Waals surface area contributed by atoms with E-state index in [1.807, 2.05) is 22.7 Å². The van der Waals surface area contributed by atoms with Crippen LogP contribution in [0.5, 0.6) is 0 Å². The Morgan fingerprint density at radius 3 is 1.21 bits per heavy atom. The Morgan fingerprint density at radius 1 is 0.327 bits per heavy atom. The fraction of sp³-hybridized carbons (Fsp3) is 0.208. The number of nitrogens with zero attached hydrogens (tertiary/aromatic N) is 2. The van der Waals surface area contributed by atoms with E-state index in [0.717, 1.165) is 26.2 Å². The van der Waals surface area contributed by atoms with Crippen LogP contribution >= 0.6 is 22.7 Å². The molecule has 0 N–H and O–H groups in total. The van der Waals surface area contributed by atoms with Crippen molar-refractivity contribution >= 4 is 95.9 Å². The zero-order valence-corrected chi connectivity index (χ0v) is 31.0. The highest BCUT2D eigenvalue weighted by atomic mass is 32.1. The van der Waals surface area contributed by atoms with Crippen molar-refractivity contribution in [3.8, 4) is 22.3 Å². The number of fused-ring (bicyclic) bond motifs is 8. The summed E-state index contributed by atoms with van der Waals surface area (Å²) in [6.07, 6.45) is 7.73. The van der Waals surface area contributed by atoms with Gasteiger partial charge in [-0.2, -0.15) is 0 Å². The average Bonchev–Trinajstić information content (AvgIpc) is 3.78. The van der Waals surface area contributed by atoms with Crippen molar-refractivity contribution in [1.29, 1.82) is 0 Å². The number of benzene rings is 7. The first-order valence-corrected chi connectivity index (χ1v) is 20.8. The van der Waals surface area contributed by atoms with E-state index in [4.69, 9.17) is 0 Å². The first-order chi connectivity index (χ1) is 25.8. The van der Waals surface area contributed by atoms with Gasteiger partial charge in [-0.05, 0) is 143 Å². The van der Waals surface area contributed by atoms with Gasteiger partial charge in [0.05, 0.1) is 0 Å². The smallest absolute Gasteiger partial charge is 0.0372 e. The molecule has 254 valence electrons. The van der Waals surface area contributed by atoms with E-state index in [-0.39, 0.29) is 0 Å². The first kappa shape index (κ1) is 30.7. The Bertz CT molecular complexity index is 2630. The Balaban J connectivity index is 1.24. The molecule has 0 bridgehead atoms.